The summed E-state index contributed by atoms with van der Waals surface area (Å²) in [6.45, 7) is 5.08. The highest BCUT2D eigenvalue weighted by atomic mass is 32.1. The summed E-state index contributed by atoms with van der Waals surface area (Å²) in [6.07, 6.45) is 3.11. The summed E-state index contributed by atoms with van der Waals surface area (Å²) in [5, 5.41) is 10.7. The Hall–Kier alpha value is -1.76. The lowest BCUT2D eigenvalue weighted by Gasteiger charge is -2.04. The van der Waals surface area contributed by atoms with Crippen molar-refractivity contribution in [2.75, 3.05) is 6.54 Å². The van der Waals surface area contributed by atoms with Gasteiger partial charge in [0, 0.05) is 24.0 Å². The summed E-state index contributed by atoms with van der Waals surface area (Å²) in [4.78, 5) is 17.0. The summed E-state index contributed by atoms with van der Waals surface area (Å²) < 4.78 is 1.73. The van der Waals surface area contributed by atoms with Crippen LogP contribution in [0.15, 0.2) is 11.7 Å². The molecule has 6 nitrogen and oxygen atoms in total. The molecule has 1 N–H and O–H groups in total. The van der Waals surface area contributed by atoms with Gasteiger partial charge in [-0.25, -0.2) is 4.98 Å². The van der Waals surface area contributed by atoms with Crippen LogP contribution < -0.4 is 5.32 Å². The minimum absolute atomic E-state index is 0.0598. The van der Waals surface area contributed by atoms with Crippen LogP contribution in [0.1, 0.15) is 22.7 Å². The van der Waals surface area contributed by atoms with Gasteiger partial charge in [-0.3, -0.25) is 9.48 Å². The van der Waals surface area contributed by atoms with Crippen molar-refractivity contribution >= 4 is 17.2 Å². The molecule has 0 atom stereocenters. The van der Waals surface area contributed by atoms with Gasteiger partial charge in [0.25, 0.3) is 0 Å². The highest BCUT2D eigenvalue weighted by molar-refractivity contribution is 7.09. The predicted octanol–water partition coefficient (Wildman–Crippen LogP) is 1.10. The fourth-order valence-electron chi connectivity index (χ4n) is 1.70. The molecule has 1 amide bonds. The van der Waals surface area contributed by atoms with E-state index >= 15 is 0 Å². The number of nitrogens with zero attached hydrogens (tertiary/aromatic N) is 4. The third kappa shape index (κ3) is 4.13. The Labute approximate surface area is 115 Å². The van der Waals surface area contributed by atoms with Gasteiger partial charge in [-0.15, -0.1) is 16.4 Å². The monoisotopic (exact) mass is 279 g/mol. The second-order valence-corrected chi connectivity index (χ2v) is 5.27. The van der Waals surface area contributed by atoms with Gasteiger partial charge < -0.3 is 5.32 Å². The Morgan fingerprint density at radius 3 is 2.95 bits per heavy atom. The van der Waals surface area contributed by atoms with E-state index in [-0.39, 0.29) is 5.91 Å². The molecular weight excluding hydrogens is 262 g/mol. The molecule has 0 radical (unpaired) electrons. The number of amides is 1. The highest BCUT2D eigenvalue weighted by Crippen LogP contribution is 2.13. The molecule has 0 aliphatic carbocycles. The van der Waals surface area contributed by atoms with Crippen molar-refractivity contribution in [2.45, 2.75) is 33.2 Å². The topological polar surface area (TPSA) is 72.7 Å². The molecule has 19 heavy (non-hydrogen) atoms. The zero-order valence-electron chi connectivity index (χ0n) is 11.1. The van der Waals surface area contributed by atoms with Crippen molar-refractivity contribution in [1.29, 1.82) is 0 Å². The number of hydrogen-bond acceptors (Lipinski definition) is 5. The number of nitrogens with one attached hydrogen (secondary N) is 1. The molecule has 0 spiro atoms. The van der Waals surface area contributed by atoms with E-state index in [2.05, 4.69) is 20.6 Å². The largest absolute Gasteiger partial charge is 0.354 e. The molecule has 0 saturated carbocycles. The number of carbonyl (C=O) groups excluding carboxylic acids is 1. The molecule has 0 unspecified atom stereocenters. The molecule has 0 aliphatic heterocycles. The molecule has 7 heteroatoms. The number of carbonyl (C=O) groups is 1. The van der Waals surface area contributed by atoms with Crippen LogP contribution in [-0.4, -0.2) is 32.4 Å². The number of aromatic nitrogens is 4. The van der Waals surface area contributed by atoms with Gasteiger partial charge in [-0.2, -0.15) is 0 Å². The van der Waals surface area contributed by atoms with Crippen molar-refractivity contribution in [1.82, 2.24) is 25.3 Å². The second-order valence-electron chi connectivity index (χ2n) is 4.33. The van der Waals surface area contributed by atoms with Gasteiger partial charge in [0.2, 0.25) is 5.91 Å². The van der Waals surface area contributed by atoms with E-state index in [0.29, 0.717) is 19.5 Å². The minimum Gasteiger partial charge on any atom is -0.354 e. The second kappa shape index (κ2) is 6.42. The third-order valence-electron chi connectivity index (χ3n) is 2.74. The number of aryl methyl sites for hydroxylation is 3. The number of rotatable bonds is 6. The van der Waals surface area contributed by atoms with E-state index in [1.807, 2.05) is 25.6 Å². The smallest absolute Gasteiger partial charge is 0.220 e. The van der Waals surface area contributed by atoms with E-state index in [1.54, 1.807) is 16.0 Å². The molecule has 0 fully saturated rings. The van der Waals surface area contributed by atoms with Gasteiger partial charge >= 0.3 is 0 Å². The molecule has 0 bridgehead atoms. The summed E-state index contributed by atoms with van der Waals surface area (Å²) in [6, 6.07) is 0. The Morgan fingerprint density at radius 1 is 1.47 bits per heavy atom. The molecule has 0 saturated heterocycles. The Bertz CT molecular complexity index is 548. The first-order valence-electron chi connectivity index (χ1n) is 6.17. The highest BCUT2D eigenvalue weighted by Gasteiger charge is 2.06. The van der Waals surface area contributed by atoms with E-state index in [1.165, 1.54) is 4.88 Å². The molecular formula is C12H17N5OS. The molecule has 2 heterocycles. The SMILES string of the molecule is Cc1cn(CCNC(=O)CCc2scnc2C)nn1. The van der Waals surface area contributed by atoms with Crippen molar-refractivity contribution in [2.24, 2.45) is 0 Å². The van der Waals surface area contributed by atoms with Gasteiger partial charge in [-0.1, -0.05) is 5.21 Å². The van der Waals surface area contributed by atoms with E-state index < -0.39 is 0 Å². The lowest BCUT2D eigenvalue weighted by molar-refractivity contribution is -0.121. The number of hydrogen-bond donors (Lipinski definition) is 1. The summed E-state index contributed by atoms with van der Waals surface area (Å²) >= 11 is 1.60. The third-order valence-corrected chi connectivity index (χ3v) is 3.74. The Morgan fingerprint density at radius 2 is 2.32 bits per heavy atom. The number of thiazole rings is 1. The minimum atomic E-state index is 0.0598. The van der Waals surface area contributed by atoms with E-state index in [4.69, 9.17) is 0 Å². The summed E-state index contributed by atoms with van der Waals surface area (Å²) in [5.74, 6) is 0.0598. The van der Waals surface area contributed by atoms with Crippen molar-refractivity contribution in [3.05, 3.63) is 28.0 Å². The molecule has 102 valence electrons. The summed E-state index contributed by atoms with van der Waals surface area (Å²) in [5.41, 5.74) is 3.72. The van der Waals surface area contributed by atoms with Crippen molar-refractivity contribution in [3.63, 3.8) is 0 Å². The van der Waals surface area contributed by atoms with Gasteiger partial charge in [0.05, 0.1) is 23.4 Å². The zero-order valence-corrected chi connectivity index (χ0v) is 11.9. The molecule has 2 aromatic heterocycles. The van der Waals surface area contributed by atoms with Crippen LogP contribution in [0.25, 0.3) is 0 Å². The fraction of sp³-hybridized carbons (Fsp3) is 0.500. The fourth-order valence-corrected chi connectivity index (χ4v) is 2.48. The first kappa shape index (κ1) is 13.7. The van der Waals surface area contributed by atoms with Crippen LogP contribution in [0.2, 0.25) is 0 Å². The average molecular weight is 279 g/mol. The molecule has 0 aliphatic rings. The first-order valence-corrected chi connectivity index (χ1v) is 7.05. The first-order chi connectivity index (χ1) is 9.15. The maximum absolute atomic E-state index is 11.7. The quantitative estimate of drug-likeness (QED) is 0.859. The maximum atomic E-state index is 11.7. The van der Waals surface area contributed by atoms with Gasteiger partial charge in [0.1, 0.15) is 0 Å². The van der Waals surface area contributed by atoms with Crippen LogP contribution in [0, 0.1) is 13.8 Å². The standard InChI is InChI=1S/C12H17N5OS/c1-9-7-17(16-15-9)6-5-13-12(18)4-3-11-10(2)14-8-19-11/h7-8H,3-6H2,1-2H3,(H,13,18). The summed E-state index contributed by atoms with van der Waals surface area (Å²) in [7, 11) is 0. The van der Waals surface area contributed by atoms with Crippen molar-refractivity contribution in [3.8, 4) is 0 Å². The lowest BCUT2D eigenvalue weighted by Crippen LogP contribution is -2.27. The maximum Gasteiger partial charge on any atom is 0.220 e. The predicted molar refractivity (Wildman–Crippen MR) is 72.9 cm³/mol. The van der Waals surface area contributed by atoms with Crippen LogP contribution in [0.4, 0.5) is 0 Å². The Kier molecular flexibility index (Phi) is 4.62. The van der Waals surface area contributed by atoms with Gasteiger partial charge in [-0.05, 0) is 20.3 Å². The molecule has 2 aromatic rings. The molecule has 2 rings (SSSR count). The van der Waals surface area contributed by atoms with Crippen LogP contribution >= 0.6 is 11.3 Å². The van der Waals surface area contributed by atoms with E-state index in [9.17, 15) is 4.79 Å². The van der Waals surface area contributed by atoms with Crippen LogP contribution in [0.5, 0.6) is 0 Å². The normalized spacial score (nSPS) is 10.6. The van der Waals surface area contributed by atoms with Crippen molar-refractivity contribution < 1.29 is 4.79 Å². The molecule has 0 aromatic carbocycles. The van der Waals surface area contributed by atoms with Gasteiger partial charge in [0.15, 0.2) is 0 Å². The van der Waals surface area contributed by atoms with Crippen LogP contribution in [-0.2, 0) is 17.8 Å². The zero-order chi connectivity index (χ0) is 13.7. The Balaban J connectivity index is 1.66. The lowest BCUT2D eigenvalue weighted by atomic mass is 10.2. The average Bonchev–Trinajstić information content (AvgIpc) is 2.96. The van der Waals surface area contributed by atoms with Crippen LogP contribution in [0.3, 0.4) is 0 Å². The van der Waals surface area contributed by atoms with E-state index in [0.717, 1.165) is 17.8 Å².